The number of nitrogens with zero attached hydrogens (tertiary/aromatic N) is 3. The highest BCUT2D eigenvalue weighted by Crippen LogP contribution is 2.31. The van der Waals surface area contributed by atoms with Crippen molar-refractivity contribution in [3.8, 4) is 11.1 Å². The van der Waals surface area contributed by atoms with Crippen molar-refractivity contribution in [2.24, 2.45) is 7.05 Å². The van der Waals surface area contributed by atoms with Gasteiger partial charge in [0.15, 0.2) is 0 Å². The van der Waals surface area contributed by atoms with Crippen molar-refractivity contribution in [1.82, 2.24) is 14.8 Å². The largest absolute Gasteiger partial charge is 0.275 e. The molecular weight excluding hydrogens is 246 g/mol. The average Bonchev–Trinajstić information content (AvgIpc) is 2.83. The normalized spacial score (nSPS) is 12.0. The van der Waals surface area contributed by atoms with Crippen LogP contribution in [0.1, 0.15) is 26.3 Å². The Morgan fingerprint density at radius 3 is 2.50 bits per heavy atom. The molecule has 102 valence electrons. The van der Waals surface area contributed by atoms with E-state index in [0.717, 1.165) is 16.6 Å². The lowest BCUT2D eigenvalue weighted by atomic mass is 9.84. The van der Waals surface area contributed by atoms with Gasteiger partial charge in [-0.05, 0) is 23.1 Å². The molecule has 3 nitrogen and oxygen atoms in total. The summed E-state index contributed by atoms with van der Waals surface area (Å²) in [5.74, 6) is 0. The van der Waals surface area contributed by atoms with E-state index in [1.165, 1.54) is 10.9 Å². The van der Waals surface area contributed by atoms with Gasteiger partial charge in [0.1, 0.15) is 0 Å². The Balaban J connectivity index is 2.24. The van der Waals surface area contributed by atoms with Crippen LogP contribution in [0.5, 0.6) is 0 Å². The molecule has 20 heavy (non-hydrogen) atoms. The van der Waals surface area contributed by atoms with Crippen molar-refractivity contribution in [1.29, 1.82) is 0 Å². The SMILES string of the molecule is Cn1cc(-c2cnc3cccc(C(C)(C)C)c3c2)cn1. The number of hydrogen-bond acceptors (Lipinski definition) is 2. The van der Waals surface area contributed by atoms with Gasteiger partial charge in [0.2, 0.25) is 0 Å². The van der Waals surface area contributed by atoms with E-state index >= 15 is 0 Å². The Morgan fingerprint density at radius 1 is 1.05 bits per heavy atom. The van der Waals surface area contributed by atoms with Gasteiger partial charge in [0, 0.05) is 36.0 Å². The molecule has 0 atom stereocenters. The van der Waals surface area contributed by atoms with Crippen LogP contribution in [-0.2, 0) is 12.5 Å². The molecule has 2 aromatic heterocycles. The molecule has 0 amide bonds. The molecule has 3 heteroatoms. The van der Waals surface area contributed by atoms with Gasteiger partial charge in [0.25, 0.3) is 0 Å². The third kappa shape index (κ3) is 2.20. The van der Waals surface area contributed by atoms with Crippen LogP contribution in [0.3, 0.4) is 0 Å². The fourth-order valence-corrected chi connectivity index (χ4v) is 2.53. The van der Waals surface area contributed by atoms with Crippen molar-refractivity contribution < 1.29 is 0 Å². The van der Waals surface area contributed by atoms with Gasteiger partial charge in [-0.1, -0.05) is 32.9 Å². The Labute approximate surface area is 119 Å². The monoisotopic (exact) mass is 265 g/mol. The van der Waals surface area contributed by atoms with E-state index in [1.54, 1.807) is 0 Å². The first-order chi connectivity index (χ1) is 9.45. The first-order valence-electron chi connectivity index (χ1n) is 6.83. The number of fused-ring (bicyclic) bond motifs is 1. The van der Waals surface area contributed by atoms with Crippen molar-refractivity contribution in [3.63, 3.8) is 0 Å². The summed E-state index contributed by atoms with van der Waals surface area (Å²) in [4.78, 5) is 4.60. The second-order valence-electron chi connectivity index (χ2n) is 6.25. The second kappa shape index (κ2) is 4.44. The maximum Gasteiger partial charge on any atom is 0.0705 e. The van der Waals surface area contributed by atoms with E-state index in [4.69, 9.17) is 0 Å². The Morgan fingerprint density at radius 2 is 1.85 bits per heavy atom. The van der Waals surface area contributed by atoms with Crippen molar-refractivity contribution in [3.05, 3.63) is 48.4 Å². The fourth-order valence-electron chi connectivity index (χ4n) is 2.53. The maximum absolute atomic E-state index is 4.60. The van der Waals surface area contributed by atoms with Gasteiger partial charge in [0.05, 0.1) is 11.7 Å². The quantitative estimate of drug-likeness (QED) is 0.667. The zero-order chi connectivity index (χ0) is 14.3. The lowest BCUT2D eigenvalue weighted by molar-refractivity contribution is 0.596. The summed E-state index contributed by atoms with van der Waals surface area (Å²) in [6.45, 7) is 6.70. The molecule has 0 saturated heterocycles. The summed E-state index contributed by atoms with van der Waals surface area (Å²) in [5.41, 5.74) is 4.69. The standard InChI is InChI=1S/C17H19N3/c1-17(2,3)15-6-5-7-16-14(15)8-12(9-18-16)13-10-19-20(4)11-13/h5-11H,1-4H3. The predicted octanol–water partition coefficient (Wildman–Crippen LogP) is 3.93. The minimum Gasteiger partial charge on any atom is -0.275 e. The molecule has 3 rings (SSSR count). The number of hydrogen-bond donors (Lipinski definition) is 0. The molecule has 0 N–H and O–H groups in total. The van der Waals surface area contributed by atoms with Crippen LogP contribution in [0.2, 0.25) is 0 Å². The molecule has 0 aliphatic carbocycles. The molecule has 0 radical (unpaired) electrons. The van der Waals surface area contributed by atoms with Crippen LogP contribution in [0, 0.1) is 0 Å². The van der Waals surface area contributed by atoms with Gasteiger partial charge in [-0.2, -0.15) is 5.10 Å². The highest BCUT2D eigenvalue weighted by Gasteiger charge is 2.17. The molecule has 0 aliphatic heterocycles. The number of benzene rings is 1. The lowest BCUT2D eigenvalue weighted by Gasteiger charge is -2.21. The fraction of sp³-hybridized carbons (Fsp3) is 0.294. The van der Waals surface area contributed by atoms with E-state index in [0.29, 0.717) is 0 Å². The summed E-state index contributed by atoms with van der Waals surface area (Å²) in [7, 11) is 1.93. The van der Waals surface area contributed by atoms with Gasteiger partial charge < -0.3 is 0 Å². The average molecular weight is 265 g/mol. The van der Waals surface area contributed by atoms with Gasteiger partial charge in [-0.25, -0.2) is 0 Å². The lowest BCUT2D eigenvalue weighted by Crippen LogP contribution is -2.11. The molecule has 0 fully saturated rings. The first kappa shape index (κ1) is 12.9. The zero-order valence-corrected chi connectivity index (χ0v) is 12.4. The minimum absolute atomic E-state index is 0.106. The Bertz CT molecular complexity index is 763. The van der Waals surface area contributed by atoms with Crippen molar-refractivity contribution in [2.75, 3.05) is 0 Å². The highest BCUT2D eigenvalue weighted by atomic mass is 15.2. The summed E-state index contributed by atoms with van der Waals surface area (Å²) in [6.07, 6.45) is 5.82. The summed E-state index contributed by atoms with van der Waals surface area (Å²) in [5, 5.41) is 5.46. The van der Waals surface area contributed by atoms with E-state index in [2.05, 4.69) is 55.1 Å². The van der Waals surface area contributed by atoms with Crippen LogP contribution in [0.4, 0.5) is 0 Å². The van der Waals surface area contributed by atoms with Gasteiger partial charge >= 0.3 is 0 Å². The van der Waals surface area contributed by atoms with Crippen LogP contribution < -0.4 is 0 Å². The zero-order valence-electron chi connectivity index (χ0n) is 12.4. The molecule has 0 unspecified atom stereocenters. The molecule has 2 heterocycles. The molecule has 1 aromatic carbocycles. The smallest absolute Gasteiger partial charge is 0.0705 e. The van der Waals surface area contributed by atoms with Crippen molar-refractivity contribution in [2.45, 2.75) is 26.2 Å². The predicted molar refractivity (Wildman–Crippen MR) is 82.6 cm³/mol. The van der Waals surface area contributed by atoms with Crippen LogP contribution in [0.15, 0.2) is 42.9 Å². The van der Waals surface area contributed by atoms with E-state index in [9.17, 15) is 0 Å². The molecule has 3 aromatic rings. The van der Waals surface area contributed by atoms with E-state index in [-0.39, 0.29) is 5.41 Å². The van der Waals surface area contributed by atoms with Crippen LogP contribution in [0.25, 0.3) is 22.0 Å². The summed E-state index contributed by atoms with van der Waals surface area (Å²) in [6, 6.07) is 8.56. The topological polar surface area (TPSA) is 30.7 Å². The number of aromatic nitrogens is 3. The number of pyridine rings is 1. The minimum atomic E-state index is 0.106. The van der Waals surface area contributed by atoms with Crippen molar-refractivity contribution >= 4 is 10.9 Å². The summed E-state index contributed by atoms with van der Waals surface area (Å²) < 4.78 is 1.81. The number of aryl methyl sites for hydroxylation is 1. The third-order valence-electron chi connectivity index (χ3n) is 3.57. The first-order valence-corrected chi connectivity index (χ1v) is 6.83. The van der Waals surface area contributed by atoms with Crippen LogP contribution in [-0.4, -0.2) is 14.8 Å². The molecule has 0 aliphatic rings. The Hall–Kier alpha value is -2.16. The van der Waals surface area contributed by atoms with Crippen LogP contribution >= 0.6 is 0 Å². The van der Waals surface area contributed by atoms with E-state index < -0.39 is 0 Å². The van der Waals surface area contributed by atoms with E-state index in [1.807, 2.05) is 30.3 Å². The second-order valence-corrected chi connectivity index (χ2v) is 6.25. The maximum atomic E-state index is 4.60. The highest BCUT2D eigenvalue weighted by molar-refractivity contribution is 5.87. The molecule has 0 bridgehead atoms. The molecule has 0 saturated carbocycles. The summed E-state index contributed by atoms with van der Waals surface area (Å²) >= 11 is 0. The molecule has 0 spiro atoms. The molecular formula is C17H19N3. The van der Waals surface area contributed by atoms with Gasteiger partial charge in [-0.15, -0.1) is 0 Å². The van der Waals surface area contributed by atoms with Gasteiger partial charge in [-0.3, -0.25) is 9.67 Å². The third-order valence-corrected chi connectivity index (χ3v) is 3.57. The number of rotatable bonds is 1. The Kier molecular flexibility index (Phi) is 2.85.